The Morgan fingerprint density at radius 1 is 1.50 bits per heavy atom. The maximum atomic E-state index is 12.2. The molecule has 0 saturated heterocycles. The van der Waals surface area contributed by atoms with Gasteiger partial charge >= 0.3 is 6.61 Å². The number of hydrogen-bond acceptors (Lipinski definition) is 3. The number of nitrogens with zero attached hydrogens (tertiary/aromatic N) is 2. The van der Waals surface area contributed by atoms with Gasteiger partial charge < -0.3 is 10.1 Å². The van der Waals surface area contributed by atoms with Crippen LogP contribution in [0, 0.1) is 0 Å². The summed E-state index contributed by atoms with van der Waals surface area (Å²) in [5, 5.41) is 6.97. The molecule has 2 aromatic rings. The van der Waals surface area contributed by atoms with Gasteiger partial charge in [-0.25, -0.2) is 0 Å². The van der Waals surface area contributed by atoms with Gasteiger partial charge in [-0.3, -0.25) is 9.48 Å². The van der Waals surface area contributed by atoms with Crippen LogP contribution in [0.25, 0.3) is 0 Å². The predicted molar refractivity (Wildman–Crippen MR) is 79.8 cm³/mol. The van der Waals surface area contributed by atoms with E-state index < -0.39 is 12.5 Å². The predicted octanol–water partition coefficient (Wildman–Crippen LogP) is 3.20. The van der Waals surface area contributed by atoms with Crippen molar-refractivity contribution in [3.63, 3.8) is 0 Å². The van der Waals surface area contributed by atoms with Crippen LogP contribution < -0.4 is 10.1 Å². The zero-order chi connectivity index (χ0) is 16.1. The van der Waals surface area contributed by atoms with Crippen molar-refractivity contribution in [3.8, 4) is 5.75 Å². The number of aryl methyl sites for hydroxylation is 1. The lowest BCUT2D eigenvalue weighted by Crippen LogP contribution is -2.23. The first-order valence-corrected chi connectivity index (χ1v) is 7.33. The highest BCUT2D eigenvalue weighted by molar-refractivity contribution is 9.10. The summed E-state index contributed by atoms with van der Waals surface area (Å²) < 4.78 is 31.1. The van der Waals surface area contributed by atoms with Crippen LogP contribution in [0.1, 0.15) is 23.0 Å². The molecule has 1 amide bonds. The number of hydrogen-bond donors (Lipinski definition) is 1. The van der Waals surface area contributed by atoms with E-state index in [1.54, 1.807) is 4.68 Å². The lowest BCUT2D eigenvalue weighted by molar-refractivity contribution is -0.0498. The van der Waals surface area contributed by atoms with E-state index in [1.165, 1.54) is 24.3 Å². The normalized spacial score (nSPS) is 10.8. The highest BCUT2D eigenvalue weighted by atomic mass is 79.9. The molecular formula is C14H14BrF2N3O2. The Morgan fingerprint density at radius 2 is 2.27 bits per heavy atom. The molecule has 5 nitrogen and oxygen atoms in total. The molecule has 2 rings (SSSR count). The summed E-state index contributed by atoms with van der Waals surface area (Å²) in [5.41, 5.74) is 0.930. The van der Waals surface area contributed by atoms with E-state index in [1.807, 2.05) is 13.1 Å². The SMILES string of the molecule is CCn1cc(Br)c(CNC(=O)c2cccc(OC(F)F)c2)n1. The number of amides is 1. The molecule has 0 radical (unpaired) electrons. The van der Waals surface area contributed by atoms with E-state index in [2.05, 4.69) is 31.1 Å². The van der Waals surface area contributed by atoms with Crippen molar-refractivity contribution < 1.29 is 18.3 Å². The molecule has 0 aliphatic heterocycles. The number of ether oxygens (including phenoxy) is 1. The Labute approximate surface area is 134 Å². The van der Waals surface area contributed by atoms with Gasteiger partial charge in [0.1, 0.15) is 5.75 Å². The largest absolute Gasteiger partial charge is 0.435 e. The van der Waals surface area contributed by atoms with Gasteiger partial charge in [-0.2, -0.15) is 13.9 Å². The molecule has 0 aliphatic carbocycles. The standard InChI is InChI=1S/C14H14BrF2N3O2/c1-2-20-8-11(15)12(19-20)7-18-13(21)9-4-3-5-10(6-9)22-14(16)17/h3-6,8,14H,2,7H2,1H3,(H,18,21). The van der Waals surface area contributed by atoms with Gasteiger partial charge in [-0.1, -0.05) is 6.07 Å². The van der Waals surface area contributed by atoms with E-state index in [0.717, 1.165) is 11.0 Å². The van der Waals surface area contributed by atoms with Crippen LogP contribution in [-0.2, 0) is 13.1 Å². The molecule has 0 bridgehead atoms. The van der Waals surface area contributed by atoms with Crippen LogP contribution in [0.5, 0.6) is 5.75 Å². The number of nitrogens with one attached hydrogen (secondary N) is 1. The summed E-state index contributed by atoms with van der Waals surface area (Å²) in [5.74, 6) is -0.447. The van der Waals surface area contributed by atoms with E-state index in [0.29, 0.717) is 5.69 Å². The van der Waals surface area contributed by atoms with Crippen LogP contribution in [0.3, 0.4) is 0 Å². The van der Waals surface area contributed by atoms with Gasteiger partial charge in [0.2, 0.25) is 0 Å². The number of carbonyl (C=O) groups is 1. The minimum atomic E-state index is -2.92. The van der Waals surface area contributed by atoms with E-state index >= 15 is 0 Å². The molecule has 0 atom stereocenters. The Balaban J connectivity index is 2.01. The van der Waals surface area contributed by atoms with Crippen LogP contribution in [0.4, 0.5) is 8.78 Å². The van der Waals surface area contributed by atoms with E-state index in [4.69, 9.17) is 0 Å². The zero-order valence-electron chi connectivity index (χ0n) is 11.7. The molecule has 118 valence electrons. The third-order valence-corrected chi connectivity index (χ3v) is 3.51. The molecule has 0 unspecified atom stereocenters. The molecule has 1 aromatic heterocycles. The third-order valence-electron chi connectivity index (χ3n) is 2.85. The fourth-order valence-corrected chi connectivity index (χ4v) is 2.25. The summed E-state index contributed by atoms with van der Waals surface area (Å²) in [6.45, 7) is -0.0188. The van der Waals surface area contributed by atoms with E-state index in [-0.39, 0.29) is 17.9 Å². The molecule has 1 N–H and O–H groups in total. The molecule has 1 heterocycles. The van der Waals surface area contributed by atoms with Crippen molar-refractivity contribution in [1.29, 1.82) is 0 Å². The Hall–Kier alpha value is -1.96. The second-order valence-corrected chi connectivity index (χ2v) is 5.22. The minimum Gasteiger partial charge on any atom is -0.435 e. The smallest absolute Gasteiger partial charge is 0.387 e. The van der Waals surface area contributed by atoms with Crippen molar-refractivity contribution in [1.82, 2.24) is 15.1 Å². The first-order chi connectivity index (χ1) is 10.5. The monoisotopic (exact) mass is 373 g/mol. The topological polar surface area (TPSA) is 56.2 Å². The summed E-state index contributed by atoms with van der Waals surface area (Å²) in [7, 11) is 0. The average Bonchev–Trinajstić information content (AvgIpc) is 2.85. The first kappa shape index (κ1) is 16.4. The molecule has 22 heavy (non-hydrogen) atoms. The second kappa shape index (κ2) is 7.35. The van der Waals surface area contributed by atoms with Crippen LogP contribution in [0.15, 0.2) is 34.9 Å². The maximum Gasteiger partial charge on any atom is 0.387 e. The highest BCUT2D eigenvalue weighted by Crippen LogP contribution is 2.17. The Morgan fingerprint density at radius 3 is 2.91 bits per heavy atom. The summed E-state index contributed by atoms with van der Waals surface area (Å²) >= 11 is 3.37. The molecule has 1 aromatic carbocycles. The quantitative estimate of drug-likeness (QED) is 0.845. The van der Waals surface area contributed by atoms with Crippen molar-refractivity contribution in [3.05, 3.63) is 46.2 Å². The van der Waals surface area contributed by atoms with Crippen molar-refractivity contribution >= 4 is 21.8 Å². The van der Waals surface area contributed by atoms with Gasteiger partial charge in [-0.05, 0) is 41.1 Å². The average molecular weight is 374 g/mol. The lowest BCUT2D eigenvalue weighted by atomic mass is 10.2. The van der Waals surface area contributed by atoms with Crippen molar-refractivity contribution in [2.45, 2.75) is 26.6 Å². The Bertz CT molecular complexity index is 661. The Kier molecular flexibility index (Phi) is 5.48. The highest BCUT2D eigenvalue weighted by Gasteiger charge is 2.11. The van der Waals surface area contributed by atoms with Crippen LogP contribution in [-0.4, -0.2) is 22.3 Å². The summed E-state index contributed by atoms with van der Waals surface area (Å²) in [4.78, 5) is 12.0. The van der Waals surface area contributed by atoms with Crippen molar-refractivity contribution in [2.24, 2.45) is 0 Å². The molecule has 8 heteroatoms. The molecular weight excluding hydrogens is 360 g/mol. The van der Waals surface area contributed by atoms with Gasteiger partial charge in [0, 0.05) is 18.3 Å². The van der Waals surface area contributed by atoms with Crippen molar-refractivity contribution in [2.75, 3.05) is 0 Å². The van der Waals surface area contributed by atoms with Gasteiger partial charge in [0.05, 0.1) is 16.7 Å². The fraction of sp³-hybridized carbons (Fsp3) is 0.286. The second-order valence-electron chi connectivity index (χ2n) is 4.37. The number of carbonyl (C=O) groups excluding carboxylic acids is 1. The number of alkyl halides is 2. The summed E-state index contributed by atoms with van der Waals surface area (Å²) in [6.07, 6.45) is 1.82. The molecule has 0 aliphatic rings. The van der Waals surface area contributed by atoms with Crippen LogP contribution in [0.2, 0.25) is 0 Å². The van der Waals surface area contributed by atoms with Gasteiger partial charge in [-0.15, -0.1) is 0 Å². The third kappa shape index (κ3) is 4.27. The molecule has 0 fully saturated rings. The van der Waals surface area contributed by atoms with Gasteiger partial charge in [0.15, 0.2) is 0 Å². The molecule has 0 spiro atoms. The number of halogens is 3. The number of aromatic nitrogens is 2. The number of rotatable bonds is 6. The zero-order valence-corrected chi connectivity index (χ0v) is 13.3. The lowest BCUT2D eigenvalue weighted by Gasteiger charge is -2.07. The fourth-order valence-electron chi connectivity index (χ4n) is 1.80. The van der Waals surface area contributed by atoms with E-state index in [9.17, 15) is 13.6 Å². The van der Waals surface area contributed by atoms with Gasteiger partial charge in [0.25, 0.3) is 5.91 Å². The minimum absolute atomic E-state index is 0.0564. The molecule has 0 saturated carbocycles. The first-order valence-electron chi connectivity index (χ1n) is 6.54. The number of benzene rings is 1. The van der Waals surface area contributed by atoms with Crippen LogP contribution >= 0.6 is 15.9 Å². The maximum absolute atomic E-state index is 12.2. The summed E-state index contributed by atoms with van der Waals surface area (Å²) in [6, 6.07) is 5.63.